The molecule has 0 aliphatic carbocycles. The van der Waals surface area contributed by atoms with E-state index in [1.165, 1.54) is 0 Å². The van der Waals surface area contributed by atoms with Crippen molar-refractivity contribution in [3.63, 3.8) is 0 Å². The Morgan fingerprint density at radius 3 is 2.81 bits per heavy atom. The van der Waals surface area contributed by atoms with Gasteiger partial charge in [-0.05, 0) is 36.4 Å². The molecular formula is C17H14ClNO2. The number of hydrogen-bond donors (Lipinski definition) is 1. The quantitative estimate of drug-likeness (QED) is 0.884. The van der Waals surface area contributed by atoms with Crippen molar-refractivity contribution in [1.82, 2.24) is 5.32 Å². The van der Waals surface area contributed by atoms with Crippen LogP contribution in [0.15, 0.2) is 48.5 Å². The highest BCUT2D eigenvalue weighted by atomic mass is 35.5. The number of nitrogens with one attached hydrogen (secondary N) is 1. The van der Waals surface area contributed by atoms with Gasteiger partial charge in [0.05, 0.1) is 13.7 Å². The van der Waals surface area contributed by atoms with Gasteiger partial charge in [-0.3, -0.25) is 4.79 Å². The van der Waals surface area contributed by atoms with Crippen molar-refractivity contribution in [1.29, 1.82) is 0 Å². The van der Waals surface area contributed by atoms with Crippen LogP contribution in [0, 0.1) is 11.8 Å². The third-order valence-corrected chi connectivity index (χ3v) is 2.96. The van der Waals surface area contributed by atoms with E-state index in [0.717, 1.165) is 5.56 Å². The molecule has 2 aromatic rings. The third kappa shape index (κ3) is 4.55. The minimum Gasteiger partial charge on any atom is -0.497 e. The van der Waals surface area contributed by atoms with Crippen LogP contribution < -0.4 is 10.1 Å². The predicted octanol–water partition coefficient (Wildman–Crippen LogP) is 3.13. The molecule has 1 N–H and O–H groups in total. The molecule has 2 rings (SSSR count). The molecule has 0 aliphatic rings. The maximum atomic E-state index is 11.9. The van der Waals surface area contributed by atoms with Gasteiger partial charge in [0.1, 0.15) is 5.75 Å². The van der Waals surface area contributed by atoms with E-state index in [1.54, 1.807) is 43.5 Å². The average molecular weight is 300 g/mol. The Morgan fingerprint density at radius 1 is 1.24 bits per heavy atom. The molecule has 0 unspecified atom stereocenters. The summed E-state index contributed by atoms with van der Waals surface area (Å²) in [6.07, 6.45) is 0. The molecule has 2 aromatic carbocycles. The van der Waals surface area contributed by atoms with Gasteiger partial charge in [0.25, 0.3) is 5.91 Å². The minimum absolute atomic E-state index is 0.186. The normalized spacial score (nSPS) is 9.43. The molecule has 0 bridgehead atoms. The molecule has 0 aliphatic heterocycles. The number of carbonyl (C=O) groups excluding carboxylic acids is 1. The molecule has 106 valence electrons. The van der Waals surface area contributed by atoms with Crippen LogP contribution in [-0.2, 0) is 0 Å². The fourth-order valence-corrected chi connectivity index (χ4v) is 1.89. The van der Waals surface area contributed by atoms with E-state index in [0.29, 0.717) is 16.3 Å². The Hall–Kier alpha value is -2.44. The van der Waals surface area contributed by atoms with E-state index in [2.05, 4.69) is 17.2 Å². The van der Waals surface area contributed by atoms with Gasteiger partial charge in [-0.25, -0.2) is 0 Å². The van der Waals surface area contributed by atoms with Crippen molar-refractivity contribution in [3.05, 3.63) is 64.7 Å². The van der Waals surface area contributed by atoms with Gasteiger partial charge >= 0.3 is 0 Å². The maximum absolute atomic E-state index is 11.9. The van der Waals surface area contributed by atoms with Crippen molar-refractivity contribution >= 4 is 17.5 Å². The molecule has 0 spiro atoms. The third-order valence-electron chi connectivity index (χ3n) is 2.73. The Labute approximate surface area is 128 Å². The van der Waals surface area contributed by atoms with Gasteiger partial charge in [-0.1, -0.05) is 35.6 Å². The number of methoxy groups -OCH3 is 1. The molecule has 0 aromatic heterocycles. The van der Waals surface area contributed by atoms with Crippen molar-refractivity contribution in [3.8, 4) is 17.6 Å². The fraction of sp³-hybridized carbons (Fsp3) is 0.118. The van der Waals surface area contributed by atoms with Crippen LogP contribution in [-0.4, -0.2) is 19.6 Å². The average Bonchev–Trinajstić information content (AvgIpc) is 2.51. The Balaban J connectivity index is 1.93. The number of ether oxygens (including phenoxy) is 1. The van der Waals surface area contributed by atoms with Gasteiger partial charge in [-0.2, -0.15) is 0 Å². The first-order valence-corrected chi connectivity index (χ1v) is 6.73. The highest BCUT2D eigenvalue weighted by Crippen LogP contribution is 2.12. The van der Waals surface area contributed by atoms with Gasteiger partial charge < -0.3 is 10.1 Å². The van der Waals surface area contributed by atoms with Crippen LogP contribution >= 0.6 is 11.6 Å². The van der Waals surface area contributed by atoms with Gasteiger partial charge in [0.15, 0.2) is 0 Å². The fourth-order valence-electron chi connectivity index (χ4n) is 1.70. The molecule has 0 heterocycles. The summed E-state index contributed by atoms with van der Waals surface area (Å²) in [5, 5.41) is 3.37. The standard InChI is InChI=1S/C17H14ClNO2/c1-21-16-9-3-7-14(12-16)17(20)19-10-4-6-13-5-2-8-15(18)11-13/h2-3,5,7-9,11-12H,10H2,1H3,(H,19,20). The lowest BCUT2D eigenvalue weighted by atomic mass is 10.2. The molecule has 0 saturated carbocycles. The highest BCUT2D eigenvalue weighted by Gasteiger charge is 2.04. The summed E-state index contributed by atoms with van der Waals surface area (Å²) < 4.78 is 5.08. The van der Waals surface area contributed by atoms with Gasteiger partial charge in [0.2, 0.25) is 0 Å². The minimum atomic E-state index is -0.186. The van der Waals surface area contributed by atoms with E-state index >= 15 is 0 Å². The highest BCUT2D eigenvalue weighted by molar-refractivity contribution is 6.30. The SMILES string of the molecule is COc1cccc(C(=O)NCC#Cc2cccc(Cl)c2)c1. The van der Waals surface area contributed by atoms with E-state index in [-0.39, 0.29) is 12.5 Å². The lowest BCUT2D eigenvalue weighted by molar-refractivity contribution is 0.0958. The number of carbonyl (C=O) groups is 1. The Bertz CT molecular complexity index is 701. The summed E-state index contributed by atoms with van der Waals surface area (Å²) in [5.74, 6) is 6.29. The lowest BCUT2D eigenvalue weighted by Crippen LogP contribution is -2.23. The summed E-state index contributed by atoms with van der Waals surface area (Å²) in [5.41, 5.74) is 1.36. The van der Waals surface area contributed by atoms with Gasteiger partial charge in [-0.15, -0.1) is 0 Å². The van der Waals surface area contributed by atoms with Crippen LogP contribution in [0.1, 0.15) is 15.9 Å². The summed E-state index contributed by atoms with van der Waals surface area (Å²) in [7, 11) is 1.56. The molecule has 0 saturated heterocycles. The second kappa shape index (κ2) is 7.37. The molecule has 1 amide bonds. The van der Waals surface area contributed by atoms with Crippen molar-refractivity contribution in [2.75, 3.05) is 13.7 Å². The zero-order valence-corrected chi connectivity index (χ0v) is 12.3. The monoisotopic (exact) mass is 299 g/mol. The summed E-state index contributed by atoms with van der Waals surface area (Å²) >= 11 is 5.87. The Kier molecular flexibility index (Phi) is 5.25. The zero-order valence-electron chi connectivity index (χ0n) is 11.5. The van der Waals surface area contributed by atoms with Crippen LogP contribution in [0.2, 0.25) is 5.02 Å². The van der Waals surface area contributed by atoms with E-state index in [9.17, 15) is 4.79 Å². The molecule has 4 heteroatoms. The number of hydrogen-bond acceptors (Lipinski definition) is 2. The van der Waals surface area contributed by atoms with Crippen LogP contribution in [0.25, 0.3) is 0 Å². The molecule has 0 radical (unpaired) electrons. The van der Waals surface area contributed by atoms with Crippen LogP contribution in [0.4, 0.5) is 0 Å². The lowest BCUT2D eigenvalue weighted by Gasteiger charge is -2.03. The number of benzene rings is 2. The number of halogens is 1. The first-order chi connectivity index (χ1) is 10.2. The van der Waals surface area contributed by atoms with E-state index < -0.39 is 0 Å². The topological polar surface area (TPSA) is 38.3 Å². The molecule has 0 atom stereocenters. The van der Waals surface area contributed by atoms with E-state index in [4.69, 9.17) is 16.3 Å². The van der Waals surface area contributed by atoms with E-state index in [1.807, 2.05) is 12.1 Å². The zero-order chi connectivity index (χ0) is 15.1. The molecule has 21 heavy (non-hydrogen) atoms. The van der Waals surface area contributed by atoms with Crippen LogP contribution in [0.3, 0.4) is 0 Å². The van der Waals surface area contributed by atoms with Crippen molar-refractivity contribution in [2.45, 2.75) is 0 Å². The maximum Gasteiger partial charge on any atom is 0.252 e. The van der Waals surface area contributed by atoms with Crippen molar-refractivity contribution < 1.29 is 9.53 Å². The summed E-state index contributed by atoms with van der Waals surface area (Å²) in [6, 6.07) is 14.2. The molecule has 0 fully saturated rings. The largest absolute Gasteiger partial charge is 0.497 e. The number of rotatable bonds is 3. The van der Waals surface area contributed by atoms with Crippen molar-refractivity contribution in [2.24, 2.45) is 0 Å². The smallest absolute Gasteiger partial charge is 0.252 e. The molecular weight excluding hydrogens is 286 g/mol. The molecule has 3 nitrogen and oxygen atoms in total. The second-order valence-corrected chi connectivity index (χ2v) is 4.66. The Morgan fingerprint density at radius 2 is 2.05 bits per heavy atom. The summed E-state index contributed by atoms with van der Waals surface area (Å²) in [4.78, 5) is 11.9. The summed E-state index contributed by atoms with van der Waals surface area (Å²) in [6.45, 7) is 0.266. The predicted molar refractivity (Wildman–Crippen MR) is 83.7 cm³/mol. The van der Waals surface area contributed by atoms with Gasteiger partial charge in [0, 0.05) is 16.1 Å². The first kappa shape index (κ1) is 15.0. The first-order valence-electron chi connectivity index (χ1n) is 6.36. The van der Waals surface area contributed by atoms with Crippen LogP contribution in [0.5, 0.6) is 5.75 Å². The number of amides is 1. The second-order valence-electron chi connectivity index (χ2n) is 4.23.